The van der Waals surface area contributed by atoms with E-state index < -0.39 is 0 Å². The molecule has 0 saturated carbocycles. The van der Waals surface area contributed by atoms with Crippen LogP contribution in [-0.2, 0) is 20.0 Å². The zero-order valence-corrected chi connectivity index (χ0v) is 13.4. The van der Waals surface area contributed by atoms with E-state index in [4.69, 9.17) is 0 Å². The number of aromatic amines is 1. The van der Waals surface area contributed by atoms with Crippen LogP contribution in [0.4, 0.5) is 0 Å². The number of aryl methyl sites for hydroxylation is 1. The molecule has 3 heterocycles. The van der Waals surface area contributed by atoms with Crippen molar-refractivity contribution in [2.75, 3.05) is 6.54 Å². The number of nitrogens with one attached hydrogen (secondary N) is 2. The zero-order valence-electron chi connectivity index (χ0n) is 11.7. The van der Waals surface area contributed by atoms with Crippen LogP contribution in [0.15, 0.2) is 36.1 Å². The summed E-state index contributed by atoms with van der Waals surface area (Å²) >= 11 is 1.72. The van der Waals surface area contributed by atoms with Crippen molar-refractivity contribution < 1.29 is 0 Å². The first-order valence-corrected chi connectivity index (χ1v) is 7.45. The molecule has 0 spiro atoms. The minimum Gasteiger partial charge on any atom is -0.312 e. The van der Waals surface area contributed by atoms with Gasteiger partial charge in [0.15, 0.2) is 0 Å². The van der Waals surface area contributed by atoms with E-state index in [9.17, 15) is 0 Å². The molecule has 0 amide bonds. The highest BCUT2D eigenvalue weighted by Crippen LogP contribution is 2.25. The molecule has 0 bridgehead atoms. The Balaban J connectivity index is 0.00000161. The standard InChI is InChI=1S/C14H17N5S.ClH/c1-19-10-11(7-17-19)4-5-15-8-12-9-16-18-14(12)13-3-2-6-20-13;/h2-3,6-7,9-10,15H,4-5,8H2,1H3,(H,16,18);1H. The third-order valence-corrected chi connectivity index (χ3v) is 4.04. The lowest BCUT2D eigenvalue weighted by atomic mass is 10.2. The van der Waals surface area contributed by atoms with E-state index in [1.54, 1.807) is 11.3 Å². The van der Waals surface area contributed by atoms with Crippen molar-refractivity contribution in [2.45, 2.75) is 13.0 Å². The molecule has 0 radical (unpaired) electrons. The van der Waals surface area contributed by atoms with Crippen molar-refractivity contribution in [1.29, 1.82) is 0 Å². The highest BCUT2D eigenvalue weighted by atomic mass is 35.5. The lowest BCUT2D eigenvalue weighted by Crippen LogP contribution is -2.16. The number of aromatic nitrogens is 4. The molecule has 0 aliphatic carbocycles. The van der Waals surface area contributed by atoms with Gasteiger partial charge in [-0.2, -0.15) is 10.2 Å². The maximum absolute atomic E-state index is 4.17. The van der Waals surface area contributed by atoms with Crippen LogP contribution < -0.4 is 5.32 Å². The average Bonchev–Trinajstić information content (AvgIpc) is 3.16. The van der Waals surface area contributed by atoms with Crippen molar-refractivity contribution in [3.8, 4) is 10.6 Å². The van der Waals surface area contributed by atoms with Gasteiger partial charge < -0.3 is 5.32 Å². The number of halogens is 1. The molecule has 0 unspecified atom stereocenters. The molecule has 3 aromatic heterocycles. The van der Waals surface area contributed by atoms with Gasteiger partial charge in [-0.25, -0.2) is 0 Å². The molecule has 0 atom stereocenters. The van der Waals surface area contributed by atoms with Crippen molar-refractivity contribution in [2.24, 2.45) is 7.05 Å². The van der Waals surface area contributed by atoms with Crippen LogP contribution in [0.25, 0.3) is 10.6 Å². The minimum atomic E-state index is 0. The molecular formula is C14H18ClN5S. The number of hydrogen-bond acceptors (Lipinski definition) is 4. The van der Waals surface area contributed by atoms with Crippen LogP contribution in [0, 0.1) is 0 Å². The summed E-state index contributed by atoms with van der Waals surface area (Å²) in [6, 6.07) is 4.16. The van der Waals surface area contributed by atoms with Crippen LogP contribution >= 0.6 is 23.7 Å². The SMILES string of the molecule is Cl.Cn1cc(CCNCc2cn[nH]c2-c2cccs2)cn1. The number of rotatable bonds is 6. The quantitative estimate of drug-likeness (QED) is 0.686. The second kappa shape index (κ2) is 7.40. The average molecular weight is 324 g/mol. The van der Waals surface area contributed by atoms with Crippen molar-refractivity contribution >= 4 is 23.7 Å². The van der Waals surface area contributed by atoms with Crippen molar-refractivity contribution in [3.63, 3.8) is 0 Å². The van der Waals surface area contributed by atoms with Gasteiger partial charge in [0.2, 0.25) is 0 Å². The van der Waals surface area contributed by atoms with Gasteiger partial charge in [0.1, 0.15) is 0 Å². The van der Waals surface area contributed by atoms with E-state index in [2.05, 4.69) is 44.3 Å². The van der Waals surface area contributed by atoms with Crippen molar-refractivity contribution in [3.05, 3.63) is 47.2 Å². The summed E-state index contributed by atoms with van der Waals surface area (Å²) < 4.78 is 1.83. The fraction of sp³-hybridized carbons (Fsp3) is 0.286. The molecule has 0 aliphatic rings. The summed E-state index contributed by atoms with van der Waals surface area (Å²) in [5.74, 6) is 0. The van der Waals surface area contributed by atoms with Gasteiger partial charge in [0.25, 0.3) is 0 Å². The lowest BCUT2D eigenvalue weighted by Gasteiger charge is -2.03. The van der Waals surface area contributed by atoms with Gasteiger partial charge in [0.05, 0.1) is 23.0 Å². The minimum absolute atomic E-state index is 0. The molecular weight excluding hydrogens is 306 g/mol. The fourth-order valence-electron chi connectivity index (χ4n) is 2.14. The van der Waals surface area contributed by atoms with Crippen molar-refractivity contribution in [1.82, 2.24) is 25.3 Å². The third-order valence-electron chi connectivity index (χ3n) is 3.15. The predicted octanol–water partition coefficient (Wildman–Crippen LogP) is 2.63. The zero-order chi connectivity index (χ0) is 13.8. The molecule has 7 heteroatoms. The maximum Gasteiger partial charge on any atom is 0.0794 e. The van der Waals surface area contributed by atoms with Crippen LogP contribution in [0.5, 0.6) is 0 Å². The topological polar surface area (TPSA) is 58.5 Å². The monoisotopic (exact) mass is 323 g/mol. The van der Waals surface area contributed by atoms with E-state index in [1.165, 1.54) is 16.0 Å². The second-order valence-corrected chi connectivity index (χ2v) is 5.64. The van der Waals surface area contributed by atoms with Crippen LogP contribution in [0.1, 0.15) is 11.1 Å². The smallest absolute Gasteiger partial charge is 0.0794 e. The van der Waals surface area contributed by atoms with Crippen LogP contribution in [0.2, 0.25) is 0 Å². The highest BCUT2D eigenvalue weighted by Gasteiger charge is 2.07. The fourth-order valence-corrected chi connectivity index (χ4v) is 2.89. The summed E-state index contributed by atoms with van der Waals surface area (Å²) in [5.41, 5.74) is 3.58. The second-order valence-electron chi connectivity index (χ2n) is 4.70. The van der Waals surface area contributed by atoms with E-state index in [1.807, 2.05) is 24.1 Å². The predicted molar refractivity (Wildman–Crippen MR) is 87.8 cm³/mol. The first kappa shape index (κ1) is 15.8. The Kier molecular flexibility index (Phi) is 5.55. The molecule has 0 fully saturated rings. The van der Waals surface area contributed by atoms with Crippen LogP contribution in [-0.4, -0.2) is 26.5 Å². The molecule has 0 aliphatic heterocycles. The van der Waals surface area contributed by atoms with E-state index in [-0.39, 0.29) is 12.4 Å². The lowest BCUT2D eigenvalue weighted by molar-refractivity contribution is 0.687. The highest BCUT2D eigenvalue weighted by molar-refractivity contribution is 7.13. The van der Waals surface area contributed by atoms with Gasteiger partial charge in [-0.3, -0.25) is 9.78 Å². The Morgan fingerprint density at radius 1 is 1.38 bits per heavy atom. The Bertz CT molecular complexity index is 659. The van der Waals surface area contributed by atoms with Gasteiger partial charge in [-0.05, 0) is 30.0 Å². The first-order valence-electron chi connectivity index (χ1n) is 6.57. The van der Waals surface area contributed by atoms with Gasteiger partial charge >= 0.3 is 0 Å². The number of nitrogens with zero attached hydrogens (tertiary/aromatic N) is 3. The molecule has 0 aromatic carbocycles. The van der Waals surface area contributed by atoms with Gasteiger partial charge in [-0.15, -0.1) is 23.7 Å². The largest absolute Gasteiger partial charge is 0.312 e. The van der Waals surface area contributed by atoms with E-state index >= 15 is 0 Å². The molecule has 21 heavy (non-hydrogen) atoms. The maximum atomic E-state index is 4.17. The Morgan fingerprint density at radius 2 is 2.29 bits per heavy atom. The Hall–Kier alpha value is -1.63. The molecule has 3 aromatic rings. The number of H-pyrrole nitrogens is 1. The Morgan fingerprint density at radius 3 is 3.00 bits per heavy atom. The molecule has 2 N–H and O–H groups in total. The number of hydrogen-bond donors (Lipinski definition) is 2. The van der Waals surface area contributed by atoms with E-state index in [0.717, 1.165) is 25.2 Å². The summed E-state index contributed by atoms with van der Waals surface area (Å²) in [7, 11) is 1.94. The first-order chi connectivity index (χ1) is 9.83. The van der Waals surface area contributed by atoms with Crippen LogP contribution in [0.3, 0.4) is 0 Å². The third kappa shape index (κ3) is 3.93. The summed E-state index contributed by atoms with van der Waals surface area (Å²) in [6.45, 7) is 1.75. The van der Waals surface area contributed by atoms with Gasteiger partial charge in [-0.1, -0.05) is 6.07 Å². The summed E-state index contributed by atoms with van der Waals surface area (Å²) in [4.78, 5) is 1.23. The summed E-state index contributed by atoms with van der Waals surface area (Å²) in [6.07, 6.45) is 6.85. The molecule has 3 rings (SSSR count). The molecule has 5 nitrogen and oxygen atoms in total. The number of thiophene rings is 1. The normalized spacial score (nSPS) is 10.5. The van der Waals surface area contributed by atoms with E-state index in [0.29, 0.717) is 0 Å². The molecule has 112 valence electrons. The Labute approximate surface area is 133 Å². The molecule has 0 saturated heterocycles. The van der Waals surface area contributed by atoms with Gasteiger partial charge in [0, 0.05) is 25.4 Å². The summed E-state index contributed by atoms with van der Waals surface area (Å²) in [5, 5.41) is 16.9.